The highest BCUT2D eigenvalue weighted by Crippen LogP contribution is 2.27. The molecule has 0 amide bonds. The molecule has 1 unspecified atom stereocenters. The maximum Gasteiger partial charge on any atom is 0.341 e. The lowest BCUT2D eigenvalue weighted by atomic mass is 10.1. The van der Waals surface area contributed by atoms with Crippen LogP contribution < -0.4 is 0 Å². The van der Waals surface area contributed by atoms with Crippen LogP contribution in [-0.4, -0.2) is 50.6 Å². The lowest BCUT2D eigenvalue weighted by molar-refractivity contribution is 0.0602. The SMILES string of the molecule is COC(=O)c1cccn2cc(CN3CCC(c4nc(C)no4)C3)nc12. The Hall–Kier alpha value is -2.74. The quantitative estimate of drug-likeness (QED) is 0.669. The molecule has 0 bridgehead atoms. The first-order chi connectivity index (χ1) is 12.1. The number of aryl methyl sites for hydroxylation is 1. The van der Waals surface area contributed by atoms with Crippen molar-refractivity contribution in [3.05, 3.63) is 47.5 Å². The van der Waals surface area contributed by atoms with E-state index >= 15 is 0 Å². The Balaban J connectivity index is 1.51. The molecule has 0 aliphatic carbocycles. The second-order valence-corrected chi connectivity index (χ2v) is 6.28. The van der Waals surface area contributed by atoms with Crippen LogP contribution in [0, 0.1) is 6.92 Å². The number of nitrogens with zero attached hydrogens (tertiary/aromatic N) is 5. The van der Waals surface area contributed by atoms with E-state index in [1.807, 2.05) is 29.8 Å². The second kappa shape index (κ2) is 6.29. The summed E-state index contributed by atoms with van der Waals surface area (Å²) in [7, 11) is 1.37. The predicted octanol–water partition coefficient (Wildman–Crippen LogP) is 1.80. The summed E-state index contributed by atoms with van der Waals surface area (Å²) in [5.41, 5.74) is 2.00. The number of aromatic nitrogens is 4. The maximum absolute atomic E-state index is 11.9. The van der Waals surface area contributed by atoms with Crippen molar-refractivity contribution < 1.29 is 14.1 Å². The zero-order chi connectivity index (χ0) is 17.4. The Morgan fingerprint density at radius 3 is 3.08 bits per heavy atom. The third-order valence-corrected chi connectivity index (χ3v) is 4.49. The van der Waals surface area contributed by atoms with Gasteiger partial charge in [-0.3, -0.25) is 4.90 Å². The van der Waals surface area contributed by atoms with Gasteiger partial charge in [-0.1, -0.05) is 5.16 Å². The van der Waals surface area contributed by atoms with Crippen LogP contribution in [0.25, 0.3) is 5.65 Å². The molecule has 8 heteroatoms. The van der Waals surface area contributed by atoms with Gasteiger partial charge in [0.1, 0.15) is 5.56 Å². The van der Waals surface area contributed by atoms with E-state index in [2.05, 4.69) is 20.0 Å². The van der Waals surface area contributed by atoms with Crippen LogP contribution in [0.5, 0.6) is 0 Å². The molecule has 1 fully saturated rings. The number of hydrogen-bond donors (Lipinski definition) is 0. The molecule has 4 heterocycles. The van der Waals surface area contributed by atoms with Crippen molar-refractivity contribution in [2.45, 2.75) is 25.8 Å². The smallest absolute Gasteiger partial charge is 0.341 e. The molecule has 3 aromatic heterocycles. The van der Waals surface area contributed by atoms with Gasteiger partial charge in [0.05, 0.1) is 18.7 Å². The van der Waals surface area contributed by atoms with E-state index in [0.717, 1.165) is 25.2 Å². The molecule has 4 rings (SSSR count). The van der Waals surface area contributed by atoms with Gasteiger partial charge in [0.25, 0.3) is 0 Å². The normalized spacial score (nSPS) is 18.1. The number of carbonyl (C=O) groups is 1. The van der Waals surface area contributed by atoms with Crippen molar-refractivity contribution in [1.29, 1.82) is 0 Å². The van der Waals surface area contributed by atoms with E-state index in [1.54, 1.807) is 6.07 Å². The van der Waals surface area contributed by atoms with Crippen molar-refractivity contribution in [3.63, 3.8) is 0 Å². The van der Waals surface area contributed by atoms with Crippen molar-refractivity contribution in [2.75, 3.05) is 20.2 Å². The average Bonchev–Trinajstić information content (AvgIpc) is 3.33. The van der Waals surface area contributed by atoms with Crippen LogP contribution >= 0.6 is 0 Å². The first kappa shape index (κ1) is 15.8. The van der Waals surface area contributed by atoms with Crippen LogP contribution in [0.15, 0.2) is 29.0 Å². The summed E-state index contributed by atoms with van der Waals surface area (Å²) < 4.78 is 12.0. The van der Waals surface area contributed by atoms with Crippen molar-refractivity contribution in [1.82, 2.24) is 24.4 Å². The largest absolute Gasteiger partial charge is 0.465 e. The Bertz CT molecular complexity index is 916. The summed E-state index contributed by atoms with van der Waals surface area (Å²) in [6.45, 7) is 4.35. The molecule has 1 atom stereocenters. The van der Waals surface area contributed by atoms with Gasteiger partial charge in [0, 0.05) is 25.5 Å². The average molecular weight is 341 g/mol. The molecule has 8 nitrogen and oxygen atoms in total. The Morgan fingerprint density at radius 2 is 2.32 bits per heavy atom. The van der Waals surface area contributed by atoms with Gasteiger partial charge in [-0.05, 0) is 32.0 Å². The van der Waals surface area contributed by atoms with E-state index in [4.69, 9.17) is 9.26 Å². The van der Waals surface area contributed by atoms with Gasteiger partial charge < -0.3 is 13.7 Å². The topological polar surface area (TPSA) is 85.8 Å². The van der Waals surface area contributed by atoms with Gasteiger partial charge in [-0.2, -0.15) is 4.98 Å². The van der Waals surface area contributed by atoms with Gasteiger partial charge >= 0.3 is 5.97 Å². The Morgan fingerprint density at radius 1 is 1.44 bits per heavy atom. The van der Waals surface area contributed by atoms with Gasteiger partial charge in [0.2, 0.25) is 5.89 Å². The number of rotatable bonds is 4. The first-order valence-electron chi connectivity index (χ1n) is 8.21. The van der Waals surface area contributed by atoms with E-state index in [1.165, 1.54) is 7.11 Å². The van der Waals surface area contributed by atoms with Crippen molar-refractivity contribution in [3.8, 4) is 0 Å². The number of ether oxygens (including phenoxy) is 1. The van der Waals surface area contributed by atoms with Gasteiger partial charge in [0.15, 0.2) is 11.5 Å². The lowest BCUT2D eigenvalue weighted by Gasteiger charge is -2.12. The van der Waals surface area contributed by atoms with Crippen molar-refractivity contribution >= 4 is 11.6 Å². The first-order valence-corrected chi connectivity index (χ1v) is 8.21. The number of fused-ring (bicyclic) bond motifs is 1. The number of likely N-dealkylation sites (tertiary alicyclic amines) is 1. The molecule has 1 aliphatic heterocycles. The minimum Gasteiger partial charge on any atom is -0.465 e. The maximum atomic E-state index is 11.9. The summed E-state index contributed by atoms with van der Waals surface area (Å²) in [5.74, 6) is 1.27. The number of imidazole rings is 1. The molecule has 3 aromatic rings. The van der Waals surface area contributed by atoms with Crippen LogP contribution in [0.4, 0.5) is 0 Å². The van der Waals surface area contributed by atoms with E-state index < -0.39 is 0 Å². The summed E-state index contributed by atoms with van der Waals surface area (Å²) in [6, 6.07) is 3.54. The fourth-order valence-corrected chi connectivity index (χ4v) is 3.30. The minimum atomic E-state index is -0.379. The molecule has 0 saturated carbocycles. The molecule has 0 N–H and O–H groups in total. The van der Waals surface area contributed by atoms with Gasteiger partial charge in [-0.25, -0.2) is 9.78 Å². The fourth-order valence-electron chi connectivity index (χ4n) is 3.30. The van der Waals surface area contributed by atoms with E-state index in [0.29, 0.717) is 29.5 Å². The summed E-state index contributed by atoms with van der Waals surface area (Å²) in [4.78, 5) is 23.1. The summed E-state index contributed by atoms with van der Waals surface area (Å²) in [6.07, 6.45) is 4.82. The molecule has 0 aromatic carbocycles. The van der Waals surface area contributed by atoms with Gasteiger partial charge in [-0.15, -0.1) is 0 Å². The lowest BCUT2D eigenvalue weighted by Crippen LogP contribution is -2.20. The molecule has 1 aliphatic rings. The van der Waals surface area contributed by atoms with Crippen LogP contribution in [0.1, 0.15) is 40.1 Å². The molecule has 1 saturated heterocycles. The Labute approximate surface area is 144 Å². The predicted molar refractivity (Wildman–Crippen MR) is 88.2 cm³/mol. The minimum absolute atomic E-state index is 0.267. The third kappa shape index (κ3) is 3.00. The second-order valence-electron chi connectivity index (χ2n) is 6.28. The third-order valence-electron chi connectivity index (χ3n) is 4.49. The van der Waals surface area contributed by atoms with Crippen molar-refractivity contribution in [2.24, 2.45) is 0 Å². The number of methoxy groups -OCH3 is 1. The molecular weight excluding hydrogens is 322 g/mol. The summed E-state index contributed by atoms with van der Waals surface area (Å²) in [5, 5.41) is 3.87. The monoisotopic (exact) mass is 341 g/mol. The highest BCUT2D eigenvalue weighted by atomic mass is 16.5. The number of carbonyl (C=O) groups excluding carboxylic acids is 1. The van der Waals surface area contributed by atoms with Crippen LogP contribution in [0.2, 0.25) is 0 Å². The number of pyridine rings is 1. The molecular formula is C17H19N5O3. The number of hydrogen-bond acceptors (Lipinski definition) is 7. The fraction of sp³-hybridized carbons (Fsp3) is 0.412. The summed E-state index contributed by atoms with van der Waals surface area (Å²) >= 11 is 0. The van der Waals surface area contributed by atoms with Crippen LogP contribution in [0.3, 0.4) is 0 Å². The molecule has 25 heavy (non-hydrogen) atoms. The number of esters is 1. The highest BCUT2D eigenvalue weighted by molar-refractivity contribution is 5.95. The zero-order valence-electron chi connectivity index (χ0n) is 14.2. The van der Waals surface area contributed by atoms with Crippen LogP contribution in [-0.2, 0) is 11.3 Å². The zero-order valence-corrected chi connectivity index (χ0v) is 14.2. The van der Waals surface area contributed by atoms with E-state index in [-0.39, 0.29) is 11.9 Å². The Kier molecular flexibility index (Phi) is 3.96. The van der Waals surface area contributed by atoms with E-state index in [9.17, 15) is 4.79 Å². The molecule has 0 spiro atoms. The molecule has 130 valence electrons. The standard InChI is InChI=1S/C17H19N5O3/c1-11-18-16(25-20-11)12-5-7-21(8-12)9-13-10-22-6-3-4-14(15(22)19-13)17(23)24-2/h3-4,6,10,12H,5,7-9H2,1-2H3. The molecule has 0 radical (unpaired) electrons. The highest BCUT2D eigenvalue weighted by Gasteiger charge is 2.28.